The van der Waals surface area contributed by atoms with Gasteiger partial charge in [-0.25, -0.2) is 8.42 Å². The molecule has 2 aromatic carbocycles. The van der Waals surface area contributed by atoms with Crippen molar-refractivity contribution in [3.05, 3.63) is 54.1 Å². The number of amides is 1. The number of hydrogen-bond donors (Lipinski definition) is 3. The standard InChI is InChI=1S/C19H24N2O5S/c1-19(2,13-22)20-18(23)12-14-4-6-15(7-5-14)21-27(24,25)17-10-8-16(26-3)9-11-17/h4-11,21-22H,12-13H2,1-3H3,(H,20,23). The number of nitrogens with one attached hydrogen (secondary N) is 2. The second-order valence-corrected chi connectivity index (χ2v) is 8.43. The minimum atomic E-state index is -3.71. The van der Waals surface area contributed by atoms with Crippen LogP contribution in [0.15, 0.2) is 53.4 Å². The lowest BCUT2D eigenvalue weighted by molar-refractivity contribution is -0.122. The summed E-state index contributed by atoms with van der Waals surface area (Å²) in [4.78, 5) is 12.1. The first kappa shape index (κ1) is 20.7. The van der Waals surface area contributed by atoms with Crippen LogP contribution in [-0.2, 0) is 21.2 Å². The highest BCUT2D eigenvalue weighted by Crippen LogP contribution is 2.19. The Morgan fingerprint density at radius 2 is 1.67 bits per heavy atom. The van der Waals surface area contributed by atoms with Crippen LogP contribution in [-0.4, -0.2) is 38.7 Å². The minimum Gasteiger partial charge on any atom is -0.497 e. The fourth-order valence-corrected chi connectivity index (χ4v) is 3.36. The number of benzene rings is 2. The number of aliphatic hydroxyl groups is 1. The van der Waals surface area contributed by atoms with Gasteiger partial charge in [0.1, 0.15) is 5.75 Å². The highest BCUT2D eigenvalue weighted by molar-refractivity contribution is 7.92. The third-order valence-electron chi connectivity index (χ3n) is 3.81. The number of carbonyl (C=O) groups excluding carboxylic acids is 1. The van der Waals surface area contributed by atoms with Crippen molar-refractivity contribution < 1.29 is 23.1 Å². The maximum atomic E-state index is 12.4. The highest BCUT2D eigenvalue weighted by Gasteiger charge is 2.19. The Morgan fingerprint density at radius 3 is 2.19 bits per heavy atom. The number of hydrogen-bond acceptors (Lipinski definition) is 5. The first-order valence-electron chi connectivity index (χ1n) is 8.33. The van der Waals surface area contributed by atoms with Crippen LogP contribution in [0.2, 0.25) is 0 Å². The van der Waals surface area contributed by atoms with Crippen LogP contribution in [0.3, 0.4) is 0 Å². The van der Waals surface area contributed by atoms with Crippen LogP contribution in [0.4, 0.5) is 5.69 Å². The van der Waals surface area contributed by atoms with Crippen LogP contribution in [0, 0.1) is 0 Å². The molecule has 0 aliphatic rings. The molecule has 0 bridgehead atoms. The van der Waals surface area contributed by atoms with Gasteiger partial charge in [0.05, 0.1) is 30.6 Å². The van der Waals surface area contributed by atoms with E-state index in [2.05, 4.69) is 10.0 Å². The van der Waals surface area contributed by atoms with Crippen LogP contribution < -0.4 is 14.8 Å². The second kappa shape index (κ2) is 8.41. The minimum absolute atomic E-state index is 0.123. The van der Waals surface area contributed by atoms with E-state index in [1.54, 1.807) is 50.2 Å². The maximum absolute atomic E-state index is 12.4. The number of sulfonamides is 1. The molecule has 7 nitrogen and oxygen atoms in total. The van der Waals surface area contributed by atoms with E-state index >= 15 is 0 Å². The fraction of sp³-hybridized carbons (Fsp3) is 0.316. The molecule has 8 heteroatoms. The van der Waals surface area contributed by atoms with Gasteiger partial charge in [0.2, 0.25) is 5.91 Å². The van der Waals surface area contributed by atoms with Gasteiger partial charge in [-0.3, -0.25) is 9.52 Å². The number of rotatable bonds is 8. The molecule has 0 spiro atoms. The van der Waals surface area contributed by atoms with Crippen molar-refractivity contribution in [3.63, 3.8) is 0 Å². The number of carbonyl (C=O) groups is 1. The Morgan fingerprint density at radius 1 is 1.07 bits per heavy atom. The van der Waals surface area contributed by atoms with Crippen molar-refractivity contribution >= 4 is 21.6 Å². The van der Waals surface area contributed by atoms with Crippen molar-refractivity contribution in [2.45, 2.75) is 30.7 Å². The molecule has 0 aliphatic carbocycles. The molecular formula is C19H24N2O5S. The summed E-state index contributed by atoms with van der Waals surface area (Å²) >= 11 is 0. The summed E-state index contributed by atoms with van der Waals surface area (Å²) in [6, 6.07) is 12.6. The van der Waals surface area contributed by atoms with Crippen molar-refractivity contribution in [2.75, 3.05) is 18.4 Å². The lowest BCUT2D eigenvalue weighted by Gasteiger charge is -2.23. The molecule has 0 fully saturated rings. The normalized spacial score (nSPS) is 11.7. The molecule has 0 radical (unpaired) electrons. The summed E-state index contributed by atoms with van der Waals surface area (Å²) in [7, 11) is -2.21. The van der Waals surface area contributed by atoms with E-state index in [1.165, 1.54) is 19.2 Å². The zero-order chi connectivity index (χ0) is 20.1. The molecule has 0 saturated heterocycles. The molecule has 2 rings (SSSR count). The van der Waals surface area contributed by atoms with Gasteiger partial charge in [0.25, 0.3) is 10.0 Å². The molecule has 146 valence electrons. The van der Waals surface area contributed by atoms with E-state index in [9.17, 15) is 18.3 Å². The lowest BCUT2D eigenvalue weighted by atomic mass is 10.1. The van der Waals surface area contributed by atoms with Gasteiger partial charge in [-0.15, -0.1) is 0 Å². The second-order valence-electron chi connectivity index (χ2n) is 6.74. The fourth-order valence-electron chi connectivity index (χ4n) is 2.31. The van der Waals surface area contributed by atoms with Gasteiger partial charge in [-0.2, -0.15) is 0 Å². The Hall–Kier alpha value is -2.58. The predicted octanol–water partition coefficient (Wildman–Crippen LogP) is 1.93. The number of aliphatic hydroxyl groups excluding tert-OH is 1. The SMILES string of the molecule is COc1ccc(S(=O)(=O)Nc2ccc(CC(=O)NC(C)(C)CO)cc2)cc1. The van der Waals surface area contributed by atoms with Gasteiger partial charge < -0.3 is 15.2 Å². The smallest absolute Gasteiger partial charge is 0.261 e. The van der Waals surface area contributed by atoms with Crippen molar-refractivity contribution in [2.24, 2.45) is 0 Å². The zero-order valence-electron chi connectivity index (χ0n) is 15.5. The molecule has 0 aromatic heterocycles. The lowest BCUT2D eigenvalue weighted by Crippen LogP contribution is -2.46. The summed E-state index contributed by atoms with van der Waals surface area (Å²) in [5.74, 6) is 0.349. The molecule has 0 aliphatic heterocycles. The van der Waals surface area contributed by atoms with E-state index in [4.69, 9.17) is 4.74 Å². The van der Waals surface area contributed by atoms with Gasteiger partial charge in [0, 0.05) is 5.69 Å². The van der Waals surface area contributed by atoms with E-state index in [0.717, 1.165) is 5.56 Å². The van der Waals surface area contributed by atoms with Crippen LogP contribution >= 0.6 is 0 Å². The van der Waals surface area contributed by atoms with Gasteiger partial charge >= 0.3 is 0 Å². The van der Waals surface area contributed by atoms with Crippen LogP contribution in [0.25, 0.3) is 0 Å². The Bertz CT molecular complexity index is 875. The summed E-state index contributed by atoms with van der Waals surface area (Å²) in [6.07, 6.45) is 0.134. The van der Waals surface area contributed by atoms with E-state index in [-0.39, 0.29) is 23.8 Å². The molecule has 1 amide bonds. The molecule has 0 saturated carbocycles. The van der Waals surface area contributed by atoms with Crippen molar-refractivity contribution in [1.82, 2.24) is 5.32 Å². The van der Waals surface area contributed by atoms with Crippen LogP contribution in [0.1, 0.15) is 19.4 Å². The number of methoxy groups -OCH3 is 1. The molecule has 27 heavy (non-hydrogen) atoms. The summed E-state index contributed by atoms with van der Waals surface area (Å²) in [6.45, 7) is 3.29. The summed E-state index contributed by atoms with van der Waals surface area (Å²) in [5, 5.41) is 11.9. The van der Waals surface area contributed by atoms with Gasteiger partial charge in [-0.1, -0.05) is 12.1 Å². The summed E-state index contributed by atoms with van der Waals surface area (Å²) < 4.78 is 32.3. The molecule has 0 heterocycles. The quantitative estimate of drug-likeness (QED) is 0.637. The first-order chi connectivity index (χ1) is 12.6. The average Bonchev–Trinajstić information content (AvgIpc) is 2.62. The predicted molar refractivity (Wildman–Crippen MR) is 103 cm³/mol. The van der Waals surface area contributed by atoms with E-state index < -0.39 is 15.6 Å². The van der Waals surface area contributed by atoms with Gasteiger partial charge in [0.15, 0.2) is 0 Å². The Kier molecular flexibility index (Phi) is 6.45. The zero-order valence-corrected chi connectivity index (χ0v) is 16.3. The number of ether oxygens (including phenoxy) is 1. The average molecular weight is 392 g/mol. The Balaban J connectivity index is 2.03. The van der Waals surface area contributed by atoms with E-state index in [1.807, 2.05) is 0 Å². The highest BCUT2D eigenvalue weighted by atomic mass is 32.2. The molecule has 3 N–H and O–H groups in total. The molecule has 0 unspecified atom stereocenters. The largest absolute Gasteiger partial charge is 0.497 e. The van der Waals surface area contributed by atoms with E-state index in [0.29, 0.717) is 11.4 Å². The molecular weight excluding hydrogens is 368 g/mol. The Labute approximate surface area is 159 Å². The molecule has 0 atom stereocenters. The summed E-state index contributed by atoms with van der Waals surface area (Å²) in [5.41, 5.74) is 0.435. The van der Waals surface area contributed by atoms with Crippen LogP contribution in [0.5, 0.6) is 5.75 Å². The number of anilines is 1. The van der Waals surface area contributed by atoms with Gasteiger partial charge in [-0.05, 0) is 55.8 Å². The van der Waals surface area contributed by atoms with Crippen molar-refractivity contribution in [3.8, 4) is 5.75 Å². The third kappa shape index (κ3) is 5.97. The first-order valence-corrected chi connectivity index (χ1v) is 9.81. The maximum Gasteiger partial charge on any atom is 0.261 e. The topological polar surface area (TPSA) is 105 Å². The third-order valence-corrected chi connectivity index (χ3v) is 5.21. The monoisotopic (exact) mass is 392 g/mol. The van der Waals surface area contributed by atoms with Crippen molar-refractivity contribution in [1.29, 1.82) is 0 Å². The molecule has 2 aromatic rings.